The van der Waals surface area contributed by atoms with Crippen LogP contribution in [-0.2, 0) is 10.6 Å². The van der Waals surface area contributed by atoms with Crippen LogP contribution in [-0.4, -0.2) is 36.3 Å². The van der Waals surface area contributed by atoms with Crippen LogP contribution in [0.5, 0.6) is 0 Å². The number of piperidine rings is 1. The van der Waals surface area contributed by atoms with Crippen LogP contribution in [0.3, 0.4) is 0 Å². The van der Waals surface area contributed by atoms with Gasteiger partial charge >= 0.3 is 0 Å². The van der Waals surface area contributed by atoms with Gasteiger partial charge in [-0.3, -0.25) is 0 Å². The summed E-state index contributed by atoms with van der Waals surface area (Å²) < 4.78 is 5.52. The second-order valence-electron chi connectivity index (χ2n) is 4.92. The summed E-state index contributed by atoms with van der Waals surface area (Å²) >= 11 is 5.86. The number of anilines is 1. The topological polar surface area (TPSA) is 38.2 Å². The van der Waals surface area contributed by atoms with Crippen LogP contribution >= 0.6 is 11.6 Å². The Bertz CT molecular complexity index is 413. The van der Waals surface area contributed by atoms with Gasteiger partial charge in [0.2, 0.25) is 5.95 Å². The summed E-state index contributed by atoms with van der Waals surface area (Å²) in [6.45, 7) is 6.03. The number of aryl methyl sites for hydroxylation is 1. The van der Waals surface area contributed by atoms with Crippen molar-refractivity contribution in [3.8, 4) is 0 Å². The van der Waals surface area contributed by atoms with Crippen molar-refractivity contribution in [3.63, 3.8) is 0 Å². The number of alkyl halides is 1. The van der Waals surface area contributed by atoms with Gasteiger partial charge in [-0.25, -0.2) is 9.97 Å². The van der Waals surface area contributed by atoms with Crippen LogP contribution in [0.2, 0.25) is 0 Å². The number of rotatable bonds is 3. The molecular formula is C13H20ClN3O. The largest absolute Gasteiger partial charge is 0.379 e. The van der Waals surface area contributed by atoms with E-state index >= 15 is 0 Å². The second kappa shape index (κ2) is 5.85. The molecule has 4 nitrogen and oxygen atoms in total. The van der Waals surface area contributed by atoms with E-state index in [9.17, 15) is 0 Å². The second-order valence-corrected chi connectivity index (χ2v) is 5.19. The Hall–Kier alpha value is -0.870. The molecule has 1 aliphatic heterocycles. The Morgan fingerprint density at radius 2 is 2.28 bits per heavy atom. The van der Waals surface area contributed by atoms with Gasteiger partial charge in [0, 0.05) is 25.9 Å². The molecule has 0 amide bonds. The first-order valence-electron chi connectivity index (χ1n) is 6.32. The van der Waals surface area contributed by atoms with Gasteiger partial charge in [0.25, 0.3) is 0 Å². The van der Waals surface area contributed by atoms with E-state index < -0.39 is 0 Å². The summed E-state index contributed by atoms with van der Waals surface area (Å²) in [6.07, 6.45) is 1.36. The normalized spacial score (nSPS) is 24.3. The summed E-state index contributed by atoms with van der Waals surface area (Å²) in [5.41, 5.74) is 1.84. The first-order chi connectivity index (χ1) is 8.63. The van der Waals surface area contributed by atoms with Crippen molar-refractivity contribution >= 4 is 17.5 Å². The molecular weight excluding hydrogens is 250 g/mol. The highest BCUT2D eigenvalue weighted by atomic mass is 35.5. The number of aromatic nitrogens is 2. The molecule has 0 saturated carbocycles. The highest BCUT2D eigenvalue weighted by Crippen LogP contribution is 2.23. The van der Waals surface area contributed by atoms with Gasteiger partial charge in [-0.2, -0.15) is 0 Å². The molecule has 2 atom stereocenters. The van der Waals surface area contributed by atoms with E-state index in [2.05, 4.69) is 21.8 Å². The van der Waals surface area contributed by atoms with Crippen LogP contribution in [0.25, 0.3) is 0 Å². The average Bonchev–Trinajstić information content (AvgIpc) is 2.38. The lowest BCUT2D eigenvalue weighted by Crippen LogP contribution is -2.44. The third kappa shape index (κ3) is 2.93. The molecule has 0 radical (unpaired) electrons. The first-order valence-corrected chi connectivity index (χ1v) is 6.85. The number of ether oxygens (including phenoxy) is 1. The lowest BCUT2D eigenvalue weighted by Gasteiger charge is -2.36. The van der Waals surface area contributed by atoms with Gasteiger partial charge in [0.05, 0.1) is 17.7 Å². The van der Waals surface area contributed by atoms with E-state index in [1.807, 2.05) is 13.0 Å². The van der Waals surface area contributed by atoms with Crippen molar-refractivity contribution in [2.75, 3.05) is 25.1 Å². The van der Waals surface area contributed by atoms with Gasteiger partial charge in [0.15, 0.2) is 0 Å². The lowest BCUT2D eigenvalue weighted by molar-refractivity contribution is 0.0494. The fourth-order valence-corrected chi connectivity index (χ4v) is 2.49. The summed E-state index contributed by atoms with van der Waals surface area (Å²) in [7, 11) is 1.77. The Balaban J connectivity index is 2.18. The van der Waals surface area contributed by atoms with Gasteiger partial charge < -0.3 is 9.64 Å². The molecule has 0 aliphatic carbocycles. The van der Waals surface area contributed by atoms with E-state index in [4.69, 9.17) is 16.3 Å². The Morgan fingerprint density at radius 1 is 1.50 bits per heavy atom. The number of nitrogens with zero attached hydrogens (tertiary/aromatic N) is 3. The number of methoxy groups -OCH3 is 1. The number of hydrogen-bond donors (Lipinski definition) is 0. The minimum Gasteiger partial charge on any atom is -0.379 e. The molecule has 1 aromatic rings. The molecule has 0 aromatic carbocycles. The maximum absolute atomic E-state index is 5.86. The maximum atomic E-state index is 5.86. The molecule has 2 rings (SSSR count). The minimum atomic E-state index is 0.252. The van der Waals surface area contributed by atoms with Crippen molar-refractivity contribution in [1.82, 2.24) is 9.97 Å². The monoisotopic (exact) mass is 269 g/mol. The standard InChI is InChI=1S/C13H20ClN3O/c1-9-4-5-17(8-12(9)18-3)13-15-10(2)6-11(7-14)16-13/h6,9,12H,4-5,7-8H2,1-3H3. The summed E-state index contributed by atoms with van der Waals surface area (Å²) in [6, 6.07) is 1.93. The number of halogens is 1. The predicted molar refractivity (Wildman–Crippen MR) is 73.1 cm³/mol. The molecule has 1 aliphatic rings. The van der Waals surface area contributed by atoms with Crippen LogP contribution < -0.4 is 4.90 Å². The van der Waals surface area contributed by atoms with Crippen molar-refractivity contribution in [2.24, 2.45) is 5.92 Å². The summed E-state index contributed by atoms with van der Waals surface area (Å²) in [5.74, 6) is 1.79. The van der Waals surface area contributed by atoms with Gasteiger partial charge in [-0.05, 0) is 25.3 Å². The first kappa shape index (κ1) is 13.6. The quantitative estimate of drug-likeness (QED) is 0.790. The van der Waals surface area contributed by atoms with Crippen LogP contribution in [0.15, 0.2) is 6.07 Å². The fraction of sp³-hybridized carbons (Fsp3) is 0.692. The zero-order valence-corrected chi connectivity index (χ0v) is 11.9. The molecule has 1 saturated heterocycles. The lowest BCUT2D eigenvalue weighted by atomic mass is 9.96. The Kier molecular flexibility index (Phi) is 4.40. The summed E-state index contributed by atoms with van der Waals surface area (Å²) in [5, 5.41) is 0. The fourth-order valence-electron chi connectivity index (χ4n) is 2.35. The van der Waals surface area contributed by atoms with Gasteiger partial charge in [-0.15, -0.1) is 11.6 Å². The van der Waals surface area contributed by atoms with Gasteiger partial charge in [0.1, 0.15) is 0 Å². The van der Waals surface area contributed by atoms with Crippen molar-refractivity contribution < 1.29 is 4.74 Å². The zero-order valence-electron chi connectivity index (χ0n) is 11.2. The molecule has 1 fully saturated rings. The van der Waals surface area contributed by atoms with E-state index in [1.54, 1.807) is 7.11 Å². The van der Waals surface area contributed by atoms with E-state index in [-0.39, 0.29) is 6.10 Å². The highest BCUT2D eigenvalue weighted by molar-refractivity contribution is 6.16. The molecule has 2 unspecified atom stereocenters. The molecule has 0 bridgehead atoms. The smallest absolute Gasteiger partial charge is 0.225 e. The predicted octanol–water partition coefficient (Wildman–Crippen LogP) is 2.39. The zero-order chi connectivity index (χ0) is 13.1. The third-order valence-electron chi connectivity index (χ3n) is 3.51. The highest BCUT2D eigenvalue weighted by Gasteiger charge is 2.27. The molecule has 0 N–H and O–H groups in total. The van der Waals surface area contributed by atoms with Crippen LogP contribution in [0.4, 0.5) is 5.95 Å². The summed E-state index contributed by atoms with van der Waals surface area (Å²) in [4.78, 5) is 11.2. The molecule has 0 spiro atoms. The van der Waals surface area contributed by atoms with E-state index in [0.717, 1.165) is 36.8 Å². The maximum Gasteiger partial charge on any atom is 0.225 e. The number of hydrogen-bond acceptors (Lipinski definition) is 4. The van der Waals surface area contributed by atoms with Crippen LogP contribution in [0.1, 0.15) is 24.7 Å². The van der Waals surface area contributed by atoms with Crippen LogP contribution in [0, 0.1) is 12.8 Å². The molecule has 18 heavy (non-hydrogen) atoms. The average molecular weight is 270 g/mol. The molecule has 100 valence electrons. The molecule has 2 heterocycles. The Morgan fingerprint density at radius 3 is 2.94 bits per heavy atom. The van der Waals surface area contributed by atoms with Crippen molar-refractivity contribution in [2.45, 2.75) is 32.3 Å². The van der Waals surface area contributed by atoms with E-state index in [1.165, 1.54) is 0 Å². The molecule has 5 heteroatoms. The van der Waals surface area contributed by atoms with Crippen molar-refractivity contribution in [3.05, 3.63) is 17.5 Å². The van der Waals surface area contributed by atoms with E-state index in [0.29, 0.717) is 11.8 Å². The minimum absolute atomic E-state index is 0.252. The van der Waals surface area contributed by atoms with Crippen molar-refractivity contribution in [1.29, 1.82) is 0 Å². The third-order valence-corrected chi connectivity index (χ3v) is 3.78. The molecule has 1 aromatic heterocycles. The van der Waals surface area contributed by atoms with Gasteiger partial charge in [-0.1, -0.05) is 6.92 Å². The Labute approximate surface area is 113 Å². The SMILES string of the molecule is COC1CN(c2nc(C)cc(CCl)n2)CCC1C.